The quantitative estimate of drug-likeness (QED) is 0.507. The zero-order valence-electron chi connectivity index (χ0n) is 15.1. The topological polar surface area (TPSA) is 0 Å². The minimum Gasteiger partial charge on any atom is -0.0654 e. The minimum atomic E-state index is 0. The third kappa shape index (κ3) is 38.3. The minimum absolute atomic E-state index is 0. The smallest absolute Gasteiger partial charge is 0 e. The largest absolute Gasteiger partial charge is 0.0654 e. The van der Waals surface area contributed by atoms with E-state index in [-0.39, 0.29) is 23.9 Å². The Kier molecular flexibility index (Phi) is 39.1. The van der Waals surface area contributed by atoms with Crippen LogP contribution in [0.5, 0.6) is 0 Å². The summed E-state index contributed by atoms with van der Waals surface area (Å²) in [6.07, 6.45) is 6.83. The summed E-state index contributed by atoms with van der Waals surface area (Å²) in [6, 6.07) is 9.18. The second-order valence-corrected chi connectivity index (χ2v) is 4.61. The Morgan fingerprint density at radius 2 is 1.19 bits per heavy atom. The molecule has 0 nitrogen and oxygen atoms in total. The Morgan fingerprint density at radius 3 is 1.33 bits per heavy atom. The molecule has 0 aliphatic heterocycles. The Hall–Kier alpha value is 0.0187. The number of hydrogen-bond acceptors (Lipinski definition) is 0. The average Bonchev–Trinajstić information content (AvgIpc) is 2.47. The van der Waals surface area contributed by atoms with Crippen LogP contribution >= 0.6 is 0 Å². The van der Waals surface area contributed by atoms with Gasteiger partial charge in [-0.05, 0) is 25.5 Å². The third-order valence-electron chi connectivity index (χ3n) is 2.16. The van der Waals surface area contributed by atoms with Crippen molar-refractivity contribution in [3.8, 4) is 0 Å². The Bertz CT molecular complexity index is 223. The SMILES string of the molecule is Cc1[c]ccc(C)c1.[CH2]CCC.[CH2]CCC.[CH2]CCC.[Sn]. The first-order valence-electron chi connectivity index (χ1n) is 7.86. The Labute approximate surface area is 153 Å². The molecular weight excluding hydrogens is 359 g/mol. The molecule has 0 aromatic heterocycles. The van der Waals surface area contributed by atoms with E-state index in [0.29, 0.717) is 0 Å². The molecule has 0 amide bonds. The van der Waals surface area contributed by atoms with Crippen LogP contribution in [-0.2, 0) is 0 Å². The standard InChI is InChI=1S/C8H9.3C4H9.Sn/c1-7-4-3-5-8(2)6-7;3*1-3-4-2;/h3-4,6H,1-2H3;3*1,3-4H2,2H3;. The zero-order chi connectivity index (χ0) is 16.2. The fourth-order valence-electron chi connectivity index (χ4n) is 0.736. The molecule has 1 heteroatoms. The van der Waals surface area contributed by atoms with Gasteiger partial charge in [-0.2, -0.15) is 0 Å². The molecule has 0 saturated heterocycles. The summed E-state index contributed by atoms with van der Waals surface area (Å²) in [5, 5.41) is 0. The van der Waals surface area contributed by atoms with Crippen LogP contribution in [0, 0.1) is 40.7 Å². The molecule has 0 saturated carbocycles. The predicted octanol–water partition coefficient (Wildman–Crippen LogP) is 6.58. The van der Waals surface area contributed by atoms with Gasteiger partial charge in [0, 0.05) is 23.9 Å². The van der Waals surface area contributed by atoms with Gasteiger partial charge in [-0.25, -0.2) is 0 Å². The average molecular weight is 395 g/mol. The molecular formula is C20H36Sn. The predicted molar refractivity (Wildman–Crippen MR) is 101 cm³/mol. The van der Waals surface area contributed by atoms with Gasteiger partial charge < -0.3 is 0 Å². The van der Waals surface area contributed by atoms with Crippen molar-refractivity contribution in [1.82, 2.24) is 0 Å². The molecule has 0 atom stereocenters. The summed E-state index contributed by atoms with van der Waals surface area (Å²) in [7, 11) is 0. The molecule has 1 aromatic rings. The van der Waals surface area contributed by atoms with Crippen LogP contribution in [0.1, 0.15) is 70.4 Å². The van der Waals surface area contributed by atoms with E-state index in [0.717, 1.165) is 19.3 Å². The maximum atomic E-state index is 3.60. The molecule has 1 aromatic carbocycles. The summed E-state index contributed by atoms with van der Waals surface area (Å²) in [6.45, 7) is 21.3. The van der Waals surface area contributed by atoms with Gasteiger partial charge in [0.2, 0.25) is 0 Å². The molecule has 1 rings (SSSR count). The molecule has 0 fully saturated rings. The third-order valence-corrected chi connectivity index (χ3v) is 2.16. The second kappa shape index (κ2) is 28.2. The summed E-state index contributed by atoms with van der Waals surface area (Å²) >= 11 is 0. The van der Waals surface area contributed by atoms with Crippen LogP contribution < -0.4 is 0 Å². The van der Waals surface area contributed by atoms with E-state index >= 15 is 0 Å². The van der Waals surface area contributed by atoms with E-state index in [1.54, 1.807) is 0 Å². The van der Waals surface area contributed by atoms with Crippen molar-refractivity contribution in [3.63, 3.8) is 0 Å². The molecule has 0 spiro atoms. The molecule has 0 heterocycles. The van der Waals surface area contributed by atoms with Gasteiger partial charge in [-0.15, -0.1) is 0 Å². The van der Waals surface area contributed by atoms with Gasteiger partial charge in [0.25, 0.3) is 0 Å². The van der Waals surface area contributed by atoms with Crippen molar-refractivity contribution in [2.45, 2.75) is 73.1 Å². The van der Waals surface area contributed by atoms with Crippen LogP contribution in [0.3, 0.4) is 0 Å². The number of benzene rings is 1. The normalized spacial score (nSPS) is 7.81. The van der Waals surface area contributed by atoms with Gasteiger partial charge in [0.05, 0.1) is 0 Å². The molecule has 0 bridgehead atoms. The maximum Gasteiger partial charge on any atom is 0 e. The van der Waals surface area contributed by atoms with Gasteiger partial charge in [-0.3, -0.25) is 0 Å². The van der Waals surface area contributed by atoms with Crippen LogP contribution in [-0.4, -0.2) is 23.9 Å². The van der Waals surface area contributed by atoms with Crippen LogP contribution in [0.4, 0.5) is 0 Å². The van der Waals surface area contributed by atoms with Gasteiger partial charge in [0.15, 0.2) is 0 Å². The number of rotatable bonds is 3. The molecule has 8 radical (unpaired) electrons. The van der Waals surface area contributed by atoms with Gasteiger partial charge in [-0.1, -0.05) is 104 Å². The van der Waals surface area contributed by atoms with Crippen molar-refractivity contribution < 1.29 is 0 Å². The molecule has 0 unspecified atom stereocenters. The van der Waals surface area contributed by atoms with Crippen LogP contribution in [0.2, 0.25) is 0 Å². The molecule has 0 aliphatic carbocycles. The molecule has 21 heavy (non-hydrogen) atoms. The number of aryl methyl sites for hydroxylation is 2. The van der Waals surface area contributed by atoms with E-state index in [9.17, 15) is 0 Å². The summed E-state index contributed by atoms with van der Waals surface area (Å²) in [4.78, 5) is 0. The van der Waals surface area contributed by atoms with Crippen molar-refractivity contribution in [2.24, 2.45) is 0 Å². The summed E-state index contributed by atoms with van der Waals surface area (Å²) < 4.78 is 0. The number of hydrogen-bond donors (Lipinski definition) is 0. The molecule has 0 N–H and O–H groups in total. The van der Waals surface area contributed by atoms with Crippen molar-refractivity contribution in [3.05, 3.63) is 56.2 Å². The Balaban J connectivity index is -0.0000000973. The maximum absolute atomic E-state index is 3.60. The monoisotopic (exact) mass is 396 g/mol. The fraction of sp³-hybridized carbons (Fsp3) is 0.550. The fourth-order valence-corrected chi connectivity index (χ4v) is 0.736. The van der Waals surface area contributed by atoms with Gasteiger partial charge >= 0.3 is 0 Å². The van der Waals surface area contributed by atoms with Crippen LogP contribution in [0.25, 0.3) is 0 Å². The second-order valence-electron chi connectivity index (χ2n) is 4.61. The van der Waals surface area contributed by atoms with E-state index in [4.69, 9.17) is 0 Å². The van der Waals surface area contributed by atoms with E-state index in [1.807, 2.05) is 19.1 Å². The summed E-state index contributed by atoms with van der Waals surface area (Å²) in [5.41, 5.74) is 2.52. The Morgan fingerprint density at radius 1 is 0.857 bits per heavy atom. The number of unbranched alkanes of at least 4 members (excludes halogenated alkanes) is 3. The van der Waals surface area contributed by atoms with Crippen molar-refractivity contribution in [1.29, 1.82) is 0 Å². The zero-order valence-corrected chi connectivity index (χ0v) is 18.0. The summed E-state index contributed by atoms with van der Waals surface area (Å²) in [5.74, 6) is 0. The molecule has 0 aliphatic rings. The van der Waals surface area contributed by atoms with E-state index in [1.165, 1.54) is 30.4 Å². The van der Waals surface area contributed by atoms with E-state index in [2.05, 4.69) is 60.6 Å². The van der Waals surface area contributed by atoms with Crippen molar-refractivity contribution in [2.75, 3.05) is 0 Å². The van der Waals surface area contributed by atoms with E-state index < -0.39 is 0 Å². The molecule has 120 valence electrons. The van der Waals surface area contributed by atoms with Crippen molar-refractivity contribution >= 4 is 23.9 Å². The first-order chi connectivity index (χ1) is 9.53. The first-order valence-corrected chi connectivity index (χ1v) is 7.86. The van der Waals surface area contributed by atoms with Crippen LogP contribution in [0.15, 0.2) is 18.2 Å². The van der Waals surface area contributed by atoms with Gasteiger partial charge in [0.1, 0.15) is 0 Å². The first kappa shape index (κ1) is 29.1.